The highest BCUT2D eigenvalue weighted by Crippen LogP contribution is 2.31. The SMILES string of the molecule is Cc1nnc(COc2ccc3c(c2)C(N)CCC3)o1. The van der Waals surface area contributed by atoms with Crippen molar-refractivity contribution in [1.82, 2.24) is 10.2 Å². The van der Waals surface area contributed by atoms with Crippen molar-refractivity contribution in [1.29, 1.82) is 0 Å². The van der Waals surface area contributed by atoms with Crippen LogP contribution in [0.3, 0.4) is 0 Å². The van der Waals surface area contributed by atoms with Crippen LogP contribution in [0.2, 0.25) is 0 Å². The molecule has 5 heteroatoms. The van der Waals surface area contributed by atoms with E-state index in [9.17, 15) is 0 Å². The van der Waals surface area contributed by atoms with E-state index in [-0.39, 0.29) is 12.6 Å². The molecule has 0 spiro atoms. The van der Waals surface area contributed by atoms with Crippen LogP contribution in [-0.4, -0.2) is 10.2 Å². The van der Waals surface area contributed by atoms with E-state index in [1.807, 2.05) is 12.1 Å². The lowest BCUT2D eigenvalue weighted by molar-refractivity contribution is 0.260. The Morgan fingerprint density at radius 1 is 1.42 bits per heavy atom. The standard InChI is InChI=1S/C14H17N3O2/c1-9-16-17-14(19-9)8-18-11-6-5-10-3-2-4-13(15)12(10)7-11/h5-7,13H,2-4,8,15H2,1H3. The molecule has 1 unspecified atom stereocenters. The molecule has 5 nitrogen and oxygen atoms in total. The minimum atomic E-state index is 0.123. The van der Waals surface area contributed by atoms with Crippen LogP contribution in [0.5, 0.6) is 5.75 Å². The number of nitrogens with zero attached hydrogens (tertiary/aromatic N) is 2. The summed E-state index contributed by atoms with van der Waals surface area (Å²) in [5.74, 6) is 1.83. The molecule has 0 saturated carbocycles. The Labute approximate surface area is 111 Å². The van der Waals surface area contributed by atoms with Crippen LogP contribution < -0.4 is 10.5 Å². The van der Waals surface area contributed by atoms with E-state index >= 15 is 0 Å². The Kier molecular flexibility index (Phi) is 3.21. The van der Waals surface area contributed by atoms with Crippen LogP contribution in [-0.2, 0) is 13.0 Å². The van der Waals surface area contributed by atoms with Gasteiger partial charge in [0.2, 0.25) is 5.89 Å². The summed E-state index contributed by atoms with van der Waals surface area (Å²) >= 11 is 0. The predicted molar refractivity (Wildman–Crippen MR) is 69.7 cm³/mol. The molecule has 0 saturated heterocycles. The monoisotopic (exact) mass is 259 g/mol. The van der Waals surface area contributed by atoms with Crippen molar-refractivity contribution < 1.29 is 9.15 Å². The van der Waals surface area contributed by atoms with Crippen molar-refractivity contribution in [3.63, 3.8) is 0 Å². The summed E-state index contributed by atoms with van der Waals surface area (Å²) in [5.41, 5.74) is 8.66. The molecule has 0 fully saturated rings. The van der Waals surface area contributed by atoms with Gasteiger partial charge in [-0.3, -0.25) is 0 Å². The lowest BCUT2D eigenvalue weighted by Crippen LogP contribution is -2.17. The second kappa shape index (κ2) is 5.01. The van der Waals surface area contributed by atoms with Gasteiger partial charge in [0.25, 0.3) is 5.89 Å². The number of hydrogen-bond acceptors (Lipinski definition) is 5. The van der Waals surface area contributed by atoms with Gasteiger partial charge < -0.3 is 14.9 Å². The van der Waals surface area contributed by atoms with Crippen molar-refractivity contribution >= 4 is 0 Å². The quantitative estimate of drug-likeness (QED) is 0.915. The van der Waals surface area contributed by atoms with Gasteiger partial charge in [-0.15, -0.1) is 10.2 Å². The average molecular weight is 259 g/mol. The van der Waals surface area contributed by atoms with Gasteiger partial charge in [-0.25, -0.2) is 0 Å². The first-order chi connectivity index (χ1) is 9.22. The summed E-state index contributed by atoms with van der Waals surface area (Å²) in [4.78, 5) is 0. The maximum Gasteiger partial charge on any atom is 0.253 e. The van der Waals surface area contributed by atoms with Crippen LogP contribution in [0, 0.1) is 6.92 Å². The number of nitrogens with two attached hydrogens (primary N) is 1. The maximum absolute atomic E-state index is 6.13. The van der Waals surface area contributed by atoms with E-state index in [2.05, 4.69) is 16.3 Å². The summed E-state index contributed by atoms with van der Waals surface area (Å²) < 4.78 is 10.9. The fourth-order valence-corrected chi connectivity index (χ4v) is 2.44. The van der Waals surface area contributed by atoms with E-state index in [0.717, 1.165) is 25.0 Å². The third-order valence-corrected chi connectivity index (χ3v) is 3.41. The third-order valence-electron chi connectivity index (χ3n) is 3.41. The molecule has 1 atom stereocenters. The molecular weight excluding hydrogens is 242 g/mol. The Morgan fingerprint density at radius 3 is 3.11 bits per heavy atom. The zero-order valence-electron chi connectivity index (χ0n) is 10.9. The van der Waals surface area contributed by atoms with E-state index in [4.69, 9.17) is 14.9 Å². The van der Waals surface area contributed by atoms with Crippen molar-refractivity contribution in [3.8, 4) is 5.75 Å². The number of fused-ring (bicyclic) bond motifs is 1. The van der Waals surface area contributed by atoms with E-state index in [1.54, 1.807) is 6.92 Å². The molecule has 2 N–H and O–H groups in total. The maximum atomic E-state index is 6.13. The molecule has 1 aliphatic rings. The molecule has 0 bridgehead atoms. The summed E-state index contributed by atoms with van der Waals surface area (Å²) in [6.45, 7) is 2.04. The molecule has 0 aliphatic heterocycles. The van der Waals surface area contributed by atoms with Gasteiger partial charge in [0.15, 0.2) is 6.61 Å². The zero-order valence-corrected chi connectivity index (χ0v) is 10.9. The number of aromatic nitrogens is 2. The Morgan fingerprint density at radius 2 is 2.32 bits per heavy atom. The van der Waals surface area contributed by atoms with Gasteiger partial charge in [-0.1, -0.05) is 6.07 Å². The molecule has 1 heterocycles. The van der Waals surface area contributed by atoms with Crippen molar-refractivity contribution in [3.05, 3.63) is 41.1 Å². The van der Waals surface area contributed by atoms with Crippen molar-refractivity contribution in [2.24, 2.45) is 5.73 Å². The zero-order chi connectivity index (χ0) is 13.2. The van der Waals surface area contributed by atoms with Gasteiger partial charge in [0, 0.05) is 13.0 Å². The summed E-state index contributed by atoms with van der Waals surface area (Å²) in [6, 6.07) is 6.23. The number of rotatable bonds is 3. The Hall–Kier alpha value is -1.88. The molecule has 3 rings (SSSR count). The lowest BCUT2D eigenvalue weighted by atomic mass is 9.88. The number of aryl methyl sites for hydroxylation is 2. The highest BCUT2D eigenvalue weighted by atomic mass is 16.5. The van der Waals surface area contributed by atoms with Gasteiger partial charge in [-0.2, -0.15) is 0 Å². The fourth-order valence-electron chi connectivity index (χ4n) is 2.44. The molecule has 0 amide bonds. The smallest absolute Gasteiger partial charge is 0.253 e. The van der Waals surface area contributed by atoms with Gasteiger partial charge in [-0.05, 0) is 42.5 Å². The normalized spacial score (nSPS) is 18.1. The van der Waals surface area contributed by atoms with Crippen molar-refractivity contribution in [2.45, 2.75) is 38.8 Å². The average Bonchev–Trinajstić information content (AvgIpc) is 2.83. The van der Waals surface area contributed by atoms with E-state index < -0.39 is 0 Å². The third kappa shape index (κ3) is 2.61. The number of hydrogen-bond donors (Lipinski definition) is 1. The van der Waals surface area contributed by atoms with E-state index in [0.29, 0.717) is 11.8 Å². The van der Waals surface area contributed by atoms with Crippen LogP contribution >= 0.6 is 0 Å². The molecule has 19 heavy (non-hydrogen) atoms. The fraction of sp³-hybridized carbons (Fsp3) is 0.429. The second-order valence-corrected chi connectivity index (χ2v) is 4.86. The van der Waals surface area contributed by atoms with Crippen LogP contribution in [0.15, 0.2) is 22.6 Å². The van der Waals surface area contributed by atoms with Crippen molar-refractivity contribution in [2.75, 3.05) is 0 Å². The number of ether oxygens (including phenoxy) is 1. The van der Waals surface area contributed by atoms with Gasteiger partial charge in [0.1, 0.15) is 5.75 Å². The topological polar surface area (TPSA) is 74.2 Å². The lowest BCUT2D eigenvalue weighted by Gasteiger charge is -2.22. The van der Waals surface area contributed by atoms with Crippen LogP contribution in [0.4, 0.5) is 0 Å². The highest BCUT2D eigenvalue weighted by Gasteiger charge is 2.17. The summed E-state index contributed by atoms with van der Waals surface area (Å²) in [7, 11) is 0. The Bertz CT molecular complexity index is 580. The predicted octanol–water partition coefficient (Wildman–Crippen LogP) is 2.29. The molecule has 1 aromatic heterocycles. The first-order valence-electron chi connectivity index (χ1n) is 6.52. The van der Waals surface area contributed by atoms with Crippen LogP contribution in [0.25, 0.3) is 0 Å². The summed E-state index contributed by atoms with van der Waals surface area (Å²) in [5, 5.41) is 7.66. The second-order valence-electron chi connectivity index (χ2n) is 4.86. The van der Waals surface area contributed by atoms with Gasteiger partial charge >= 0.3 is 0 Å². The first-order valence-corrected chi connectivity index (χ1v) is 6.52. The molecule has 2 aromatic rings. The molecule has 1 aliphatic carbocycles. The molecular formula is C14H17N3O2. The first kappa shape index (κ1) is 12.2. The Balaban J connectivity index is 1.73. The molecule has 1 aromatic carbocycles. The van der Waals surface area contributed by atoms with Crippen LogP contribution in [0.1, 0.15) is 41.8 Å². The highest BCUT2D eigenvalue weighted by molar-refractivity contribution is 5.39. The van der Waals surface area contributed by atoms with E-state index in [1.165, 1.54) is 11.1 Å². The number of benzene rings is 1. The minimum absolute atomic E-state index is 0.123. The largest absolute Gasteiger partial charge is 0.484 e. The minimum Gasteiger partial charge on any atom is -0.484 e. The molecule has 100 valence electrons. The molecule has 0 radical (unpaired) electrons. The van der Waals surface area contributed by atoms with Gasteiger partial charge in [0.05, 0.1) is 0 Å². The summed E-state index contributed by atoms with van der Waals surface area (Å²) in [6.07, 6.45) is 3.31.